The van der Waals surface area contributed by atoms with Gasteiger partial charge in [0.1, 0.15) is 0 Å². The fourth-order valence-corrected chi connectivity index (χ4v) is 3.32. The fourth-order valence-electron chi connectivity index (χ4n) is 3.32. The molecule has 2 aliphatic rings. The minimum absolute atomic E-state index is 0.999. The van der Waals surface area contributed by atoms with Crippen molar-refractivity contribution in [2.75, 3.05) is 18.4 Å². The molecule has 1 N–H and O–H groups in total. The Labute approximate surface area is 131 Å². The lowest BCUT2D eigenvalue weighted by molar-refractivity contribution is 0.434. The number of anilines is 1. The van der Waals surface area contributed by atoms with Crippen LogP contribution in [0.3, 0.4) is 0 Å². The largest absolute Gasteiger partial charge is 0.342 e. The van der Waals surface area contributed by atoms with Crippen LogP contribution in [0.1, 0.15) is 25.7 Å². The molecule has 0 spiro atoms. The highest BCUT2D eigenvalue weighted by atomic mass is 15.3. The predicted molar refractivity (Wildman–Crippen MR) is 92.6 cm³/mol. The van der Waals surface area contributed by atoms with E-state index in [9.17, 15) is 0 Å². The number of nitrogens with zero attached hydrogens (tertiary/aromatic N) is 2. The van der Waals surface area contributed by atoms with Gasteiger partial charge in [-0.3, -0.25) is 0 Å². The molecule has 22 heavy (non-hydrogen) atoms. The molecular weight excluding hydrogens is 270 g/mol. The van der Waals surface area contributed by atoms with Gasteiger partial charge in [0.25, 0.3) is 0 Å². The molecule has 0 radical (unpaired) electrons. The van der Waals surface area contributed by atoms with Crippen LogP contribution in [0.5, 0.6) is 0 Å². The van der Waals surface area contributed by atoms with Crippen LogP contribution >= 0.6 is 0 Å². The van der Waals surface area contributed by atoms with Gasteiger partial charge in [0.2, 0.25) is 5.96 Å². The van der Waals surface area contributed by atoms with Crippen LogP contribution < -0.4 is 5.32 Å². The third kappa shape index (κ3) is 2.47. The molecule has 1 fully saturated rings. The predicted octanol–water partition coefficient (Wildman–Crippen LogP) is 4.64. The van der Waals surface area contributed by atoms with Gasteiger partial charge >= 0.3 is 0 Å². The Kier molecular flexibility index (Phi) is 3.55. The van der Waals surface area contributed by atoms with E-state index < -0.39 is 0 Å². The summed E-state index contributed by atoms with van der Waals surface area (Å²) in [5.74, 6) is 0.999. The van der Waals surface area contributed by atoms with Crippen molar-refractivity contribution in [2.24, 2.45) is 4.99 Å². The Balaban J connectivity index is 1.80. The summed E-state index contributed by atoms with van der Waals surface area (Å²) in [6.07, 6.45) is 5.17. The summed E-state index contributed by atoms with van der Waals surface area (Å²) in [6, 6.07) is 16.9. The number of benzene rings is 2. The first-order valence-electron chi connectivity index (χ1n) is 8.21. The van der Waals surface area contributed by atoms with Gasteiger partial charge in [0, 0.05) is 29.9 Å². The lowest BCUT2D eigenvalue weighted by atomic mass is 10.0. The minimum Gasteiger partial charge on any atom is -0.342 e. The van der Waals surface area contributed by atoms with Crippen molar-refractivity contribution in [1.82, 2.24) is 4.90 Å². The van der Waals surface area contributed by atoms with Gasteiger partial charge < -0.3 is 10.2 Å². The molecule has 0 amide bonds. The Bertz CT molecular complexity index is 697. The lowest BCUT2D eigenvalue weighted by Gasteiger charge is -2.24. The Hall–Kier alpha value is -2.29. The molecule has 0 unspecified atom stereocenters. The number of fused-ring (bicyclic) bond motifs is 3. The molecule has 3 heteroatoms. The number of rotatable bonds is 0. The molecule has 2 aromatic rings. The Morgan fingerprint density at radius 1 is 0.773 bits per heavy atom. The Morgan fingerprint density at radius 3 is 2.27 bits per heavy atom. The molecule has 112 valence electrons. The molecule has 3 nitrogen and oxygen atoms in total. The number of guanidine groups is 1. The molecule has 0 bridgehead atoms. The number of aliphatic imine (C=N–C) groups is 1. The lowest BCUT2D eigenvalue weighted by Crippen LogP contribution is -2.36. The topological polar surface area (TPSA) is 27.6 Å². The van der Waals surface area contributed by atoms with E-state index in [4.69, 9.17) is 4.99 Å². The Morgan fingerprint density at radius 2 is 1.45 bits per heavy atom. The first-order valence-corrected chi connectivity index (χ1v) is 8.21. The van der Waals surface area contributed by atoms with E-state index in [0.29, 0.717) is 0 Å². The molecule has 0 saturated carbocycles. The molecule has 2 heterocycles. The molecule has 2 aliphatic heterocycles. The van der Waals surface area contributed by atoms with E-state index in [0.717, 1.165) is 30.4 Å². The summed E-state index contributed by atoms with van der Waals surface area (Å²) in [5.41, 5.74) is 4.64. The fraction of sp³-hybridized carbons (Fsp3) is 0.316. The number of likely N-dealkylation sites (tertiary alicyclic amines) is 1. The summed E-state index contributed by atoms with van der Waals surface area (Å²) in [5, 5.41) is 3.58. The summed E-state index contributed by atoms with van der Waals surface area (Å²) in [7, 11) is 0. The first kappa shape index (κ1) is 13.4. The maximum atomic E-state index is 4.95. The van der Waals surface area contributed by atoms with E-state index >= 15 is 0 Å². The second-order valence-corrected chi connectivity index (χ2v) is 6.02. The van der Waals surface area contributed by atoms with Crippen molar-refractivity contribution in [3.05, 3.63) is 48.5 Å². The van der Waals surface area contributed by atoms with Crippen LogP contribution in [0.4, 0.5) is 11.4 Å². The standard InChI is InChI=1S/C19H21N3/c1-2-8-14-22(13-7-1)19-20-17-11-5-3-9-15(17)16-10-4-6-12-18(16)21-19/h3-6,9-12H,1-2,7-8,13-14H2,(H,20,21). The van der Waals surface area contributed by atoms with Crippen LogP contribution in [0.25, 0.3) is 11.1 Å². The van der Waals surface area contributed by atoms with Crippen LogP contribution in [-0.4, -0.2) is 23.9 Å². The molecule has 0 aromatic heterocycles. The highest BCUT2D eigenvalue weighted by molar-refractivity contribution is 6.03. The van der Waals surface area contributed by atoms with Gasteiger partial charge in [-0.1, -0.05) is 49.2 Å². The van der Waals surface area contributed by atoms with Crippen molar-refractivity contribution >= 4 is 17.3 Å². The van der Waals surface area contributed by atoms with Gasteiger partial charge in [-0.2, -0.15) is 0 Å². The number of hydrogen-bond acceptors (Lipinski definition) is 3. The normalized spacial score (nSPS) is 17.5. The van der Waals surface area contributed by atoms with Crippen molar-refractivity contribution in [2.45, 2.75) is 25.7 Å². The summed E-state index contributed by atoms with van der Waals surface area (Å²) < 4.78 is 0. The first-order chi connectivity index (χ1) is 10.9. The molecule has 0 atom stereocenters. The molecule has 2 aromatic carbocycles. The highest BCUT2D eigenvalue weighted by Gasteiger charge is 2.20. The third-order valence-corrected chi connectivity index (χ3v) is 4.50. The number of para-hydroxylation sites is 2. The van der Waals surface area contributed by atoms with Gasteiger partial charge in [-0.15, -0.1) is 0 Å². The number of nitrogens with one attached hydrogen (secondary N) is 1. The summed E-state index contributed by atoms with van der Waals surface area (Å²) in [6.45, 7) is 2.19. The second-order valence-electron chi connectivity index (χ2n) is 6.02. The minimum atomic E-state index is 0.999. The van der Waals surface area contributed by atoms with E-state index in [-0.39, 0.29) is 0 Å². The van der Waals surface area contributed by atoms with E-state index in [2.05, 4.69) is 58.7 Å². The van der Waals surface area contributed by atoms with E-state index in [1.54, 1.807) is 0 Å². The summed E-state index contributed by atoms with van der Waals surface area (Å²) >= 11 is 0. The maximum absolute atomic E-state index is 4.95. The zero-order valence-electron chi connectivity index (χ0n) is 12.8. The van der Waals surface area contributed by atoms with Crippen molar-refractivity contribution < 1.29 is 0 Å². The van der Waals surface area contributed by atoms with Gasteiger partial charge in [-0.25, -0.2) is 4.99 Å². The van der Waals surface area contributed by atoms with Crippen LogP contribution in [-0.2, 0) is 0 Å². The average Bonchev–Trinajstić information content (AvgIpc) is 2.92. The van der Waals surface area contributed by atoms with E-state index in [1.165, 1.54) is 36.8 Å². The smallest absolute Gasteiger partial charge is 0.203 e. The summed E-state index contributed by atoms with van der Waals surface area (Å²) in [4.78, 5) is 7.36. The molecule has 4 rings (SSSR count). The zero-order valence-corrected chi connectivity index (χ0v) is 12.8. The number of hydrogen-bond donors (Lipinski definition) is 1. The zero-order chi connectivity index (χ0) is 14.8. The maximum Gasteiger partial charge on any atom is 0.203 e. The monoisotopic (exact) mass is 291 g/mol. The van der Waals surface area contributed by atoms with Crippen LogP contribution in [0.15, 0.2) is 53.5 Å². The van der Waals surface area contributed by atoms with Crippen molar-refractivity contribution in [1.29, 1.82) is 0 Å². The van der Waals surface area contributed by atoms with Crippen molar-refractivity contribution in [3.63, 3.8) is 0 Å². The quantitative estimate of drug-likeness (QED) is 0.765. The van der Waals surface area contributed by atoms with Gasteiger partial charge in [0.15, 0.2) is 0 Å². The second kappa shape index (κ2) is 5.84. The van der Waals surface area contributed by atoms with Gasteiger partial charge in [-0.05, 0) is 25.0 Å². The van der Waals surface area contributed by atoms with E-state index in [1.807, 2.05) is 0 Å². The average molecular weight is 291 g/mol. The highest BCUT2D eigenvalue weighted by Crippen LogP contribution is 2.37. The SMILES string of the molecule is c1ccc2c(c1)N=C(N1CCCCCC1)Nc1ccccc1-2. The third-order valence-electron chi connectivity index (χ3n) is 4.50. The van der Waals surface area contributed by atoms with Crippen molar-refractivity contribution in [3.8, 4) is 11.1 Å². The van der Waals surface area contributed by atoms with Gasteiger partial charge in [0.05, 0.1) is 5.69 Å². The molecule has 1 saturated heterocycles. The van der Waals surface area contributed by atoms with Crippen LogP contribution in [0.2, 0.25) is 0 Å². The molecular formula is C19H21N3. The van der Waals surface area contributed by atoms with Crippen LogP contribution in [0, 0.1) is 0 Å². The molecule has 0 aliphatic carbocycles.